The first-order valence-electron chi connectivity index (χ1n) is 5.13. The second kappa shape index (κ2) is 5.43. The molecular formula is C10H9N3O5S2. The van der Waals surface area contributed by atoms with Gasteiger partial charge in [-0.3, -0.25) is 4.72 Å². The van der Waals surface area contributed by atoms with Crippen molar-refractivity contribution in [2.45, 2.75) is 4.90 Å². The van der Waals surface area contributed by atoms with Crippen LogP contribution in [0.15, 0.2) is 28.7 Å². The van der Waals surface area contributed by atoms with Crippen molar-refractivity contribution < 1.29 is 23.1 Å². The third-order valence-electron chi connectivity index (χ3n) is 2.23. The Morgan fingerprint density at radius 1 is 1.40 bits per heavy atom. The Balaban J connectivity index is 2.30. The first-order valence-corrected chi connectivity index (χ1v) is 7.50. The SMILES string of the molecule is COc1ccc(S(=O)(=O)Nc2scnc2C(=O)O)cn1. The summed E-state index contributed by atoms with van der Waals surface area (Å²) in [6, 6.07) is 2.69. The molecule has 2 N–H and O–H groups in total. The van der Waals surface area contributed by atoms with E-state index in [-0.39, 0.29) is 21.5 Å². The fourth-order valence-corrected chi connectivity index (χ4v) is 3.23. The van der Waals surface area contributed by atoms with Crippen molar-refractivity contribution >= 4 is 32.3 Å². The molecular weight excluding hydrogens is 306 g/mol. The molecule has 0 radical (unpaired) electrons. The molecule has 2 aromatic heterocycles. The lowest BCUT2D eigenvalue weighted by atomic mass is 10.5. The Morgan fingerprint density at radius 2 is 2.15 bits per heavy atom. The Hall–Kier alpha value is -2.20. The van der Waals surface area contributed by atoms with E-state index in [4.69, 9.17) is 9.84 Å². The van der Waals surface area contributed by atoms with Crippen molar-refractivity contribution in [3.05, 3.63) is 29.5 Å². The largest absolute Gasteiger partial charge is 0.481 e. The van der Waals surface area contributed by atoms with Crippen molar-refractivity contribution in [2.75, 3.05) is 11.8 Å². The molecule has 0 unspecified atom stereocenters. The van der Waals surface area contributed by atoms with Crippen molar-refractivity contribution in [3.63, 3.8) is 0 Å². The summed E-state index contributed by atoms with van der Waals surface area (Å²) in [5, 5.41) is 8.81. The Morgan fingerprint density at radius 3 is 2.70 bits per heavy atom. The van der Waals surface area contributed by atoms with E-state index in [2.05, 4.69) is 14.7 Å². The Labute approximate surface area is 118 Å². The van der Waals surface area contributed by atoms with Crippen molar-refractivity contribution in [1.29, 1.82) is 0 Å². The lowest BCUT2D eigenvalue weighted by molar-refractivity contribution is 0.0692. The number of anilines is 1. The summed E-state index contributed by atoms with van der Waals surface area (Å²) >= 11 is 0.880. The van der Waals surface area contributed by atoms with Gasteiger partial charge >= 0.3 is 5.97 Å². The second-order valence-electron chi connectivity index (χ2n) is 3.48. The summed E-state index contributed by atoms with van der Waals surface area (Å²) < 4.78 is 31.1. The third-order valence-corrected chi connectivity index (χ3v) is 4.43. The molecule has 2 aromatic rings. The van der Waals surface area contributed by atoms with E-state index in [1.807, 2.05) is 0 Å². The molecule has 0 aromatic carbocycles. The molecule has 0 fully saturated rings. The molecule has 0 aliphatic rings. The number of hydrogen-bond acceptors (Lipinski definition) is 7. The van der Waals surface area contributed by atoms with Crippen LogP contribution in [-0.2, 0) is 10.0 Å². The van der Waals surface area contributed by atoms with Crippen LogP contribution in [0.2, 0.25) is 0 Å². The normalized spacial score (nSPS) is 11.1. The van der Waals surface area contributed by atoms with Crippen molar-refractivity contribution in [2.24, 2.45) is 0 Å². The van der Waals surface area contributed by atoms with Crippen LogP contribution in [0, 0.1) is 0 Å². The number of nitrogens with zero attached hydrogens (tertiary/aromatic N) is 2. The number of methoxy groups -OCH3 is 1. The molecule has 0 amide bonds. The van der Waals surface area contributed by atoms with Crippen LogP contribution in [0.3, 0.4) is 0 Å². The minimum absolute atomic E-state index is 0.0617. The maximum absolute atomic E-state index is 12.1. The molecule has 0 saturated carbocycles. The van der Waals surface area contributed by atoms with Gasteiger partial charge in [0.2, 0.25) is 5.88 Å². The molecule has 20 heavy (non-hydrogen) atoms. The highest BCUT2D eigenvalue weighted by Gasteiger charge is 2.21. The zero-order valence-corrected chi connectivity index (χ0v) is 11.7. The van der Waals surface area contributed by atoms with Crippen LogP contribution in [0.5, 0.6) is 5.88 Å². The number of pyridine rings is 1. The fraction of sp³-hybridized carbons (Fsp3) is 0.100. The summed E-state index contributed by atoms with van der Waals surface area (Å²) in [4.78, 5) is 18.1. The first kappa shape index (κ1) is 14.2. The maximum atomic E-state index is 12.1. The minimum atomic E-state index is -3.93. The molecule has 2 heterocycles. The fourth-order valence-electron chi connectivity index (χ4n) is 1.30. The number of nitrogens with one attached hydrogen (secondary N) is 1. The summed E-state index contributed by atoms with van der Waals surface area (Å²) in [7, 11) is -2.52. The number of carboxylic acid groups (broad SMARTS) is 1. The predicted octanol–water partition coefficient (Wildman–Crippen LogP) is 1.05. The highest BCUT2D eigenvalue weighted by atomic mass is 32.2. The highest BCUT2D eigenvalue weighted by molar-refractivity contribution is 7.93. The van der Waals surface area contributed by atoms with E-state index in [1.54, 1.807) is 0 Å². The van der Waals surface area contributed by atoms with Gasteiger partial charge in [-0.1, -0.05) is 0 Å². The number of carboxylic acids is 1. The standard InChI is InChI=1S/C10H9N3O5S2/c1-18-7-3-2-6(4-11-7)20(16,17)13-9-8(10(14)15)12-5-19-9/h2-5,13H,1H3,(H,14,15). The molecule has 10 heteroatoms. The number of aromatic carboxylic acids is 1. The maximum Gasteiger partial charge on any atom is 0.357 e. The zero-order valence-electron chi connectivity index (χ0n) is 10.1. The number of ether oxygens (including phenoxy) is 1. The van der Waals surface area contributed by atoms with E-state index >= 15 is 0 Å². The van der Waals surface area contributed by atoms with E-state index in [9.17, 15) is 13.2 Å². The number of hydrogen-bond donors (Lipinski definition) is 2. The predicted molar refractivity (Wildman–Crippen MR) is 70.7 cm³/mol. The number of thiazole rings is 1. The van der Waals surface area contributed by atoms with Gasteiger partial charge in [0.1, 0.15) is 9.90 Å². The van der Waals surface area contributed by atoms with Gasteiger partial charge in [0.15, 0.2) is 5.69 Å². The highest BCUT2D eigenvalue weighted by Crippen LogP contribution is 2.24. The summed E-state index contributed by atoms with van der Waals surface area (Å²) in [5.41, 5.74) is 0.896. The van der Waals surface area contributed by atoms with Gasteiger partial charge in [0.05, 0.1) is 18.8 Å². The quantitative estimate of drug-likeness (QED) is 0.846. The van der Waals surface area contributed by atoms with E-state index in [1.165, 1.54) is 24.8 Å². The number of carbonyl (C=O) groups is 1. The average molecular weight is 315 g/mol. The number of sulfonamides is 1. The monoisotopic (exact) mass is 315 g/mol. The Bertz CT molecular complexity index is 724. The molecule has 8 nitrogen and oxygen atoms in total. The summed E-state index contributed by atoms with van der Waals surface area (Å²) in [6.45, 7) is 0. The van der Waals surface area contributed by atoms with Gasteiger partial charge in [-0.25, -0.2) is 23.2 Å². The van der Waals surface area contributed by atoms with Crippen LogP contribution < -0.4 is 9.46 Å². The molecule has 0 aliphatic heterocycles. The topological polar surface area (TPSA) is 118 Å². The van der Waals surface area contributed by atoms with E-state index < -0.39 is 16.0 Å². The van der Waals surface area contributed by atoms with Crippen LogP contribution in [0.4, 0.5) is 5.00 Å². The van der Waals surface area contributed by atoms with Gasteiger partial charge in [0.25, 0.3) is 10.0 Å². The Kier molecular flexibility index (Phi) is 3.86. The van der Waals surface area contributed by atoms with Crippen LogP contribution in [-0.4, -0.2) is 36.6 Å². The van der Waals surface area contributed by atoms with Crippen molar-refractivity contribution in [3.8, 4) is 5.88 Å². The van der Waals surface area contributed by atoms with E-state index in [0.29, 0.717) is 0 Å². The summed E-state index contributed by atoms with van der Waals surface area (Å²) in [6.07, 6.45) is 1.11. The number of aromatic nitrogens is 2. The molecule has 2 rings (SSSR count). The molecule has 0 spiro atoms. The lowest BCUT2D eigenvalue weighted by Gasteiger charge is -2.06. The minimum Gasteiger partial charge on any atom is -0.481 e. The van der Waals surface area contributed by atoms with Gasteiger partial charge in [-0.05, 0) is 6.07 Å². The smallest absolute Gasteiger partial charge is 0.357 e. The second-order valence-corrected chi connectivity index (χ2v) is 6.01. The first-order chi connectivity index (χ1) is 9.44. The van der Waals surface area contributed by atoms with Gasteiger partial charge < -0.3 is 9.84 Å². The molecule has 0 aliphatic carbocycles. The average Bonchev–Trinajstić information content (AvgIpc) is 2.86. The molecule has 0 saturated heterocycles. The van der Waals surface area contributed by atoms with Gasteiger partial charge in [-0.2, -0.15) is 0 Å². The zero-order chi connectivity index (χ0) is 14.8. The lowest BCUT2D eigenvalue weighted by Crippen LogP contribution is -2.14. The van der Waals surface area contributed by atoms with Gasteiger partial charge in [-0.15, -0.1) is 11.3 Å². The van der Waals surface area contributed by atoms with Crippen molar-refractivity contribution in [1.82, 2.24) is 9.97 Å². The molecule has 0 bridgehead atoms. The molecule has 0 atom stereocenters. The number of rotatable bonds is 5. The van der Waals surface area contributed by atoms with Crippen LogP contribution in [0.1, 0.15) is 10.5 Å². The van der Waals surface area contributed by atoms with Gasteiger partial charge in [0, 0.05) is 6.07 Å². The van der Waals surface area contributed by atoms with E-state index in [0.717, 1.165) is 17.5 Å². The molecule has 106 valence electrons. The third kappa shape index (κ3) is 2.86. The summed E-state index contributed by atoms with van der Waals surface area (Å²) in [5.74, 6) is -1.04. The van der Waals surface area contributed by atoms with Crippen LogP contribution >= 0.6 is 11.3 Å². The van der Waals surface area contributed by atoms with Crippen LogP contribution in [0.25, 0.3) is 0 Å².